The molecule has 150 valence electrons. The van der Waals surface area contributed by atoms with Gasteiger partial charge in [-0.1, -0.05) is 54.1 Å². The van der Waals surface area contributed by atoms with Crippen molar-refractivity contribution in [3.63, 3.8) is 0 Å². The van der Waals surface area contributed by atoms with E-state index in [1.807, 2.05) is 74.5 Å². The molecule has 0 aliphatic heterocycles. The first-order valence-electron chi connectivity index (χ1n) is 9.72. The molecule has 0 unspecified atom stereocenters. The van der Waals surface area contributed by atoms with E-state index in [-0.39, 0.29) is 5.91 Å². The molecule has 1 heterocycles. The fourth-order valence-corrected chi connectivity index (χ4v) is 3.92. The van der Waals surface area contributed by atoms with E-state index in [1.54, 1.807) is 12.3 Å². The summed E-state index contributed by atoms with van der Waals surface area (Å²) in [4.78, 5) is 12.7. The van der Waals surface area contributed by atoms with Crippen LogP contribution in [0.5, 0.6) is 0 Å². The summed E-state index contributed by atoms with van der Waals surface area (Å²) in [5.41, 5.74) is 8.46. The maximum absolute atomic E-state index is 12.7. The predicted molar refractivity (Wildman–Crippen MR) is 124 cm³/mol. The first-order chi connectivity index (χ1) is 14.5. The molecular formula is C25H22ClN3O. The minimum atomic E-state index is -0.234. The minimum Gasteiger partial charge on any atom is -0.318 e. The van der Waals surface area contributed by atoms with Gasteiger partial charge in [-0.15, -0.1) is 0 Å². The zero-order valence-corrected chi connectivity index (χ0v) is 17.9. The number of benzene rings is 3. The zero-order valence-electron chi connectivity index (χ0n) is 17.1. The standard InChI is InChI=1S/C25H22ClN3O/c1-16-11-12-21(26)14-24(16)29-17(2)13-20(18(29)3)15-27-28-25(30)23-10-6-8-19-7-4-5-9-22(19)23/h4-15H,1-3H3,(H,28,30)/b27-15-. The fraction of sp³-hybridized carbons (Fsp3) is 0.120. The Morgan fingerprint density at radius 1 is 1.00 bits per heavy atom. The molecule has 0 bridgehead atoms. The van der Waals surface area contributed by atoms with Gasteiger partial charge >= 0.3 is 0 Å². The van der Waals surface area contributed by atoms with Gasteiger partial charge in [0.25, 0.3) is 5.91 Å². The number of aromatic nitrogens is 1. The maximum Gasteiger partial charge on any atom is 0.271 e. The highest BCUT2D eigenvalue weighted by Crippen LogP contribution is 2.25. The number of hydrogen-bond acceptors (Lipinski definition) is 2. The summed E-state index contributed by atoms with van der Waals surface area (Å²) < 4.78 is 2.15. The number of halogens is 1. The zero-order chi connectivity index (χ0) is 21.3. The van der Waals surface area contributed by atoms with Crippen molar-refractivity contribution in [2.24, 2.45) is 5.10 Å². The second-order valence-corrected chi connectivity index (χ2v) is 7.75. The average molecular weight is 416 g/mol. The largest absolute Gasteiger partial charge is 0.318 e. The number of rotatable bonds is 4. The van der Waals surface area contributed by atoms with E-state index in [0.717, 1.165) is 39.0 Å². The number of aryl methyl sites for hydroxylation is 2. The Labute approximate surface area is 180 Å². The van der Waals surface area contributed by atoms with Crippen molar-refractivity contribution in [1.29, 1.82) is 0 Å². The van der Waals surface area contributed by atoms with Crippen molar-refractivity contribution in [1.82, 2.24) is 9.99 Å². The third-order valence-corrected chi connectivity index (χ3v) is 5.52. The smallest absolute Gasteiger partial charge is 0.271 e. The second-order valence-electron chi connectivity index (χ2n) is 7.32. The first kappa shape index (κ1) is 19.9. The summed E-state index contributed by atoms with van der Waals surface area (Å²) >= 11 is 6.21. The lowest BCUT2D eigenvalue weighted by atomic mass is 10.0. The average Bonchev–Trinajstić information content (AvgIpc) is 3.02. The van der Waals surface area contributed by atoms with Crippen LogP contribution >= 0.6 is 11.6 Å². The van der Waals surface area contributed by atoms with Crippen molar-refractivity contribution < 1.29 is 4.79 Å². The molecule has 5 heteroatoms. The molecule has 4 nitrogen and oxygen atoms in total. The monoisotopic (exact) mass is 415 g/mol. The number of carbonyl (C=O) groups is 1. The normalized spacial score (nSPS) is 11.3. The van der Waals surface area contributed by atoms with Gasteiger partial charge in [-0.05, 0) is 61.4 Å². The van der Waals surface area contributed by atoms with Crippen molar-refractivity contribution in [3.05, 3.63) is 99.8 Å². The quantitative estimate of drug-likeness (QED) is 0.323. The predicted octanol–water partition coefficient (Wildman–Crippen LogP) is 5.97. The Balaban J connectivity index is 1.59. The number of amides is 1. The third-order valence-electron chi connectivity index (χ3n) is 5.29. The van der Waals surface area contributed by atoms with E-state index in [4.69, 9.17) is 11.6 Å². The van der Waals surface area contributed by atoms with Crippen molar-refractivity contribution in [2.45, 2.75) is 20.8 Å². The molecule has 0 atom stereocenters. The lowest BCUT2D eigenvalue weighted by Crippen LogP contribution is -2.18. The molecule has 0 saturated heterocycles. The number of nitrogens with zero attached hydrogens (tertiary/aromatic N) is 2. The van der Waals surface area contributed by atoms with E-state index in [1.165, 1.54) is 0 Å². The Morgan fingerprint density at radius 2 is 1.77 bits per heavy atom. The van der Waals surface area contributed by atoms with E-state index in [0.29, 0.717) is 10.6 Å². The van der Waals surface area contributed by atoms with Crippen LogP contribution < -0.4 is 5.43 Å². The molecule has 4 aromatic rings. The van der Waals surface area contributed by atoms with Gasteiger partial charge in [0.2, 0.25) is 0 Å². The van der Waals surface area contributed by atoms with Gasteiger partial charge in [0, 0.05) is 33.2 Å². The number of nitrogens with one attached hydrogen (secondary N) is 1. The van der Waals surface area contributed by atoms with Crippen LogP contribution in [-0.4, -0.2) is 16.7 Å². The molecule has 4 rings (SSSR count). The van der Waals surface area contributed by atoms with Crippen molar-refractivity contribution in [3.8, 4) is 5.69 Å². The van der Waals surface area contributed by atoms with Crippen LogP contribution in [0.25, 0.3) is 16.5 Å². The number of hydrogen-bond donors (Lipinski definition) is 1. The van der Waals surface area contributed by atoms with Crippen LogP contribution in [0, 0.1) is 20.8 Å². The van der Waals surface area contributed by atoms with Crippen LogP contribution in [-0.2, 0) is 0 Å². The number of fused-ring (bicyclic) bond motifs is 1. The lowest BCUT2D eigenvalue weighted by Gasteiger charge is -2.13. The summed E-state index contributed by atoms with van der Waals surface area (Å²) in [5.74, 6) is -0.234. The second kappa shape index (κ2) is 8.17. The molecule has 30 heavy (non-hydrogen) atoms. The molecule has 0 spiro atoms. The van der Waals surface area contributed by atoms with E-state index < -0.39 is 0 Å². The molecule has 1 N–H and O–H groups in total. The van der Waals surface area contributed by atoms with Crippen molar-refractivity contribution in [2.75, 3.05) is 0 Å². The molecule has 1 aromatic heterocycles. The van der Waals surface area contributed by atoms with Crippen LogP contribution in [0.1, 0.15) is 32.9 Å². The van der Waals surface area contributed by atoms with Gasteiger partial charge in [0.05, 0.1) is 6.21 Å². The SMILES string of the molecule is Cc1ccc(Cl)cc1-n1c(C)cc(/C=N\NC(=O)c2cccc3ccccc23)c1C. The molecular weight excluding hydrogens is 394 g/mol. The Bertz CT molecular complexity index is 1280. The van der Waals surface area contributed by atoms with Gasteiger partial charge in [0.1, 0.15) is 0 Å². The Kier molecular flexibility index (Phi) is 5.42. The van der Waals surface area contributed by atoms with Gasteiger partial charge in [-0.3, -0.25) is 4.79 Å². The number of hydrazone groups is 1. The van der Waals surface area contributed by atoms with E-state index in [2.05, 4.69) is 22.0 Å². The first-order valence-corrected chi connectivity index (χ1v) is 10.1. The summed E-state index contributed by atoms with van der Waals surface area (Å²) in [6, 6.07) is 21.4. The summed E-state index contributed by atoms with van der Waals surface area (Å²) in [6.07, 6.45) is 1.68. The van der Waals surface area contributed by atoms with E-state index >= 15 is 0 Å². The third kappa shape index (κ3) is 3.74. The number of carbonyl (C=O) groups excluding carboxylic acids is 1. The lowest BCUT2D eigenvalue weighted by molar-refractivity contribution is 0.0957. The highest BCUT2D eigenvalue weighted by Gasteiger charge is 2.12. The topological polar surface area (TPSA) is 46.4 Å². The fourth-order valence-electron chi connectivity index (χ4n) is 3.76. The Morgan fingerprint density at radius 3 is 2.60 bits per heavy atom. The maximum atomic E-state index is 12.7. The highest BCUT2D eigenvalue weighted by molar-refractivity contribution is 6.30. The molecule has 0 aliphatic carbocycles. The summed E-state index contributed by atoms with van der Waals surface area (Å²) in [6.45, 7) is 6.13. The Hall–Kier alpha value is -3.37. The summed E-state index contributed by atoms with van der Waals surface area (Å²) in [7, 11) is 0. The molecule has 0 fully saturated rings. The van der Waals surface area contributed by atoms with Gasteiger partial charge < -0.3 is 4.57 Å². The molecule has 1 amide bonds. The highest BCUT2D eigenvalue weighted by atomic mass is 35.5. The van der Waals surface area contributed by atoms with Crippen LogP contribution in [0.3, 0.4) is 0 Å². The van der Waals surface area contributed by atoms with E-state index in [9.17, 15) is 4.79 Å². The molecule has 0 radical (unpaired) electrons. The van der Waals surface area contributed by atoms with Gasteiger partial charge in [-0.25, -0.2) is 5.43 Å². The minimum absolute atomic E-state index is 0.234. The molecule has 0 saturated carbocycles. The van der Waals surface area contributed by atoms with Crippen LogP contribution in [0.15, 0.2) is 71.8 Å². The summed E-state index contributed by atoms with van der Waals surface area (Å²) in [5, 5.41) is 6.83. The molecule has 0 aliphatic rings. The van der Waals surface area contributed by atoms with Crippen LogP contribution in [0.2, 0.25) is 5.02 Å². The van der Waals surface area contributed by atoms with Crippen molar-refractivity contribution >= 4 is 34.5 Å². The molecule has 3 aromatic carbocycles. The van der Waals surface area contributed by atoms with Gasteiger partial charge in [-0.2, -0.15) is 5.10 Å². The van der Waals surface area contributed by atoms with Crippen LogP contribution in [0.4, 0.5) is 0 Å². The van der Waals surface area contributed by atoms with Gasteiger partial charge in [0.15, 0.2) is 0 Å².